The minimum absolute atomic E-state index is 0.784. The lowest BCUT2D eigenvalue weighted by Gasteiger charge is -1.94. The van der Waals surface area contributed by atoms with Gasteiger partial charge in [0.05, 0.1) is 0 Å². The normalized spacial score (nSPS) is 10.7. The number of hydrogen-bond acceptors (Lipinski definition) is 1. The fourth-order valence-corrected chi connectivity index (χ4v) is 1.07. The molecule has 0 unspecified atom stereocenters. The van der Waals surface area contributed by atoms with Crippen LogP contribution in [0.15, 0.2) is 29.3 Å². The van der Waals surface area contributed by atoms with Crippen molar-refractivity contribution in [2.75, 3.05) is 7.05 Å². The Labute approximate surface area is 71.7 Å². The summed E-state index contributed by atoms with van der Waals surface area (Å²) in [5, 5.41) is 0.784. The van der Waals surface area contributed by atoms with Crippen molar-refractivity contribution in [3.63, 3.8) is 0 Å². The summed E-state index contributed by atoms with van der Waals surface area (Å²) in [6, 6.07) is 7.80. The van der Waals surface area contributed by atoms with E-state index >= 15 is 0 Å². The number of halogens is 1. The van der Waals surface area contributed by atoms with Crippen LogP contribution >= 0.6 is 11.6 Å². The molecule has 0 saturated heterocycles. The van der Waals surface area contributed by atoms with E-state index in [1.165, 1.54) is 5.56 Å². The minimum Gasteiger partial charge on any atom is -0.301 e. The molecule has 0 bridgehead atoms. The highest BCUT2D eigenvalue weighted by molar-refractivity contribution is 6.30. The van der Waals surface area contributed by atoms with Gasteiger partial charge < -0.3 is 4.99 Å². The van der Waals surface area contributed by atoms with Crippen LogP contribution in [0.5, 0.6) is 0 Å². The molecule has 1 aromatic rings. The molecule has 11 heavy (non-hydrogen) atoms. The average molecular weight is 168 g/mol. The van der Waals surface area contributed by atoms with Gasteiger partial charge in [0.15, 0.2) is 0 Å². The van der Waals surface area contributed by atoms with Crippen LogP contribution in [-0.4, -0.2) is 13.3 Å². The first kappa shape index (κ1) is 8.28. The highest BCUT2D eigenvalue weighted by atomic mass is 35.5. The third-order valence-corrected chi connectivity index (χ3v) is 1.63. The Kier molecular flexibility index (Phi) is 3.12. The predicted molar refractivity (Wildman–Crippen MR) is 49.6 cm³/mol. The van der Waals surface area contributed by atoms with Gasteiger partial charge in [0.25, 0.3) is 0 Å². The van der Waals surface area contributed by atoms with E-state index < -0.39 is 0 Å². The van der Waals surface area contributed by atoms with Gasteiger partial charge in [-0.15, -0.1) is 0 Å². The molecule has 58 valence electrons. The first-order chi connectivity index (χ1) is 5.33. The van der Waals surface area contributed by atoms with Gasteiger partial charge in [0.1, 0.15) is 0 Å². The summed E-state index contributed by atoms with van der Waals surface area (Å²) < 4.78 is 0. The van der Waals surface area contributed by atoms with E-state index in [2.05, 4.69) is 4.99 Å². The van der Waals surface area contributed by atoms with Crippen molar-refractivity contribution >= 4 is 17.8 Å². The summed E-state index contributed by atoms with van der Waals surface area (Å²) in [4.78, 5) is 3.89. The van der Waals surface area contributed by atoms with E-state index in [1.807, 2.05) is 30.5 Å². The van der Waals surface area contributed by atoms with E-state index in [1.54, 1.807) is 7.05 Å². The Morgan fingerprint density at radius 3 is 3.00 bits per heavy atom. The van der Waals surface area contributed by atoms with Crippen LogP contribution in [0.1, 0.15) is 5.56 Å². The molecule has 0 N–H and O–H groups in total. The summed E-state index contributed by atoms with van der Waals surface area (Å²) in [5.74, 6) is 0. The number of rotatable bonds is 2. The van der Waals surface area contributed by atoms with Crippen molar-refractivity contribution < 1.29 is 0 Å². The van der Waals surface area contributed by atoms with Crippen LogP contribution in [0.25, 0.3) is 0 Å². The summed E-state index contributed by atoms with van der Waals surface area (Å²) in [6.07, 6.45) is 2.72. The maximum absolute atomic E-state index is 5.78. The van der Waals surface area contributed by atoms with Gasteiger partial charge in [-0.2, -0.15) is 0 Å². The van der Waals surface area contributed by atoms with Gasteiger partial charge in [-0.1, -0.05) is 23.7 Å². The van der Waals surface area contributed by atoms with E-state index in [0.717, 1.165) is 11.4 Å². The highest BCUT2D eigenvalue weighted by Crippen LogP contribution is 2.10. The fraction of sp³-hybridized carbons (Fsp3) is 0.222. The Morgan fingerprint density at radius 1 is 1.55 bits per heavy atom. The van der Waals surface area contributed by atoms with Gasteiger partial charge in [-0.05, 0) is 17.7 Å². The zero-order valence-corrected chi connectivity index (χ0v) is 7.17. The number of hydrogen-bond donors (Lipinski definition) is 0. The smallest absolute Gasteiger partial charge is 0.0408 e. The van der Waals surface area contributed by atoms with Crippen LogP contribution in [0, 0.1) is 0 Å². The first-order valence-electron chi connectivity index (χ1n) is 3.48. The molecule has 0 amide bonds. The Hall–Kier alpha value is -0.820. The molecule has 0 aliphatic heterocycles. The molecule has 1 nitrogen and oxygen atoms in total. The second kappa shape index (κ2) is 4.14. The zero-order chi connectivity index (χ0) is 8.10. The number of aliphatic imine (C=N–C) groups is 1. The van der Waals surface area contributed by atoms with Crippen LogP contribution in [-0.2, 0) is 6.42 Å². The van der Waals surface area contributed by atoms with Crippen LogP contribution in [0.3, 0.4) is 0 Å². The molecule has 1 aromatic carbocycles. The molecule has 0 aromatic heterocycles. The summed E-state index contributed by atoms with van der Waals surface area (Å²) in [5.41, 5.74) is 1.20. The number of benzene rings is 1. The van der Waals surface area contributed by atoms with Gasteiger partial charge >= 0.3 is 0 Å². The molecule has 0 atom stereocenters. The largest absolute Gasteiger partial charge is 0.301 e. The molecule has 0 aliphatic carbocycles. The molecule has 0 radical (unpaired) electrons. The molecular formula is C9H10ClN. The lowest BCUT2D eigenvalue weighted by atomic mass is 10.2. The maximum Gasteiger partial charge on any atom is 0.0408 e. The molecule has 0 aliphatic rings. The SMILES string of the molecule is C/N=C/Cc1cccc(Cl)c1. The second-order valence-corrected chi connectivity index (χ2v) is 2.71. The second-order valence-electron chi connectivity index (χ2n) is 2.27. The van der Waals surface area contributed by atoms with Gasteiger partial charge in [-0.3, -0.25) is 0 Å². The summed E-state index contributed by atoms with van der Waals surface area (Å²) >= 11 is 5.78. The molecule has 2 heteroatoms. The van der Waals surface area contributed by atoms with E-state index in [0.29, 0.717) is 0 Å². The molecule has 0 saturated carbocycles. The molecular weight excluding hydrogens is 158 g/mol. The Balaban J connectivity index is 2.71. The van der Waals surface area contributed by atoms with Crippen LogP contribution < -0.4 is 0 Å². The van der Waals surface area contributed by atoms with E-state index in [-0.39, 0.29) is 0 Å². The van der Waals surface area contributed by atoms with Gasteiger partial charge in [0, 0.05) is 24.7 Å². The zero-order valence-electron chi connectivity index (χ0n) is 6.42. The van der Waals surface area contributed by atoms with E-state index in [4.69, 9.17) is 11.6 Å². The minimum atomic E-state index is 0.784. The first-order valence-corrected chi connectivity index (χ1v) is 3.86. The van der Waals surface area contributed by atoms with Crippen molar-refractivity contribution in [1.29, 1.82) is 0 Å². The summed E-state index contributed by atoms with van der Waals surface area (Å²) in [6.45, 7) is 0. The lowest BCUT2D eigenvalue weighted by molar-refractivity contribution is 1.32. The van der Waals surface area contributed by atoms with E-state index in [9.17, 15) is 0 Å². The monoisotopic (exact) mass is 167 g/mol. The van der Waals surface area contributed by atoms with Crippen molar-refractivity contribution in [2.45, 2.75) is 6.42 Å². The quantitative estimate of drug-likeness (QED) is 0.601. The number of nitrogens with zero attached hydrogens (tertiary/aromatic N) is 1. The van der Waals surface area contributed by atoms with Crippen molar-refractivity contribution in [3.05, 3.63) is 34.9 Å². The molecule has 0 spiro atoms. The average Bonchev–Trinajstić information content (AvgIpc) is 2.01. The maximum atomic E-state index is 5.78. The molecule has 0 fully saturated rings. The fourth-order valence-electron chi connectivity index (χ4n) is 0.861. The van der Waals surface area contributed by atoms with Crippen LogP contribution in [0.2, 0.25) is 5.02 Å². The standard InChI is InChI=1S/C9H10ClN/c1-11-6-5-8-3-2-4-9(10)7-8/h2-4,6-7H,5H2,1H3/b11-6+. The third kappa shape index (κ3) is 2.72. The molecule has 0 heterocycles. The lowest BCUT2D eigenvalue weighted by Crippen LogP contribution is -1.84. The van der Waals surface area contributed by atoms with Gasteiger partial charge in [-0.25, -0.2) is 0 Å². The highest BCUT2D eigenvalue weighted by Gasteiger charge is 1.89. The molecule has 1 rings (SSSR count). The van der Waals surface area contributed by atoms with Crippen molar-refractivity contribution in [3.8, 4) is 0 Å². The Bertz CT molecular complexity index is 255. The van der Waals surface area contributed by atoms with Crippen LogP contribution in [0.4, 0.5) is 0 Å². The Morgan fingerprint density at radius 2 is 2.36 bits per heavy atom. The van der Waals surface area contributed by atoms with Crippen molar-refractivity contribution in [2.24, 2.45) is 4.99 Å². The summed E-state index contributed by atoms with van der Waals surface area (Å²) in [7, 11) is 1.77. The third-order valence-electron chi connectivity index (χ3n) is 1.40. The topological polar surface area (TPSA) is 12.4 Å². The van der Waals surface area contributed by atoms with Gasteiger partial charge in [0.2, 0.25) is 0 Å². The predicted octanol–water partition coefficient (Wildman–Crippen LogP) is 2.58. The van der Waals surface area contributed by atoms with Crippen molar-refractivity contribution in [1.82, 2.24) is 0 Å².